The second-order valence-electron chi connectivity index (χ2n) is 4.35. The largest absolute Gasteiger partial charge is 0.480 e. The van der Waals surface area contributed by atoms with Crippen LogP contribution in [0.4, 0.5) is 4.79 Å². The van der Waals surface area contributed by atoms with E-state index in [1.807, 2.05) is 0 Å². The van der Waals surface area contributed by atoms with E-state index in [2.05, 4.69) is 10.6 Å². The smallest absolute Gasteiger partial charge is 0.326 e. The van der Waals surface area contributed by atoms with Crippen LogP contribution in [0, 0.1) is 0 Å². The van der Waals surface area contributed by atoms with E-state index in [-0.39, 0.29) is 19.4 Å². The molecule has 0 aromatic heterocycles. The molecular formula is C13H16ClN3O4. The van der Waals surface area contributed by atoms with E-state index in [1.54, 1.807) is 24.3 Å². The van der Waals surface area contributed by atoms with Gasteiger partial charge in [0.05, 0.1) is 0 Å². The molecule has 0 aliphatic rings. The third-order valence-electron chi connectivity index (χ3n) is 2.65. The van der Waals surface area contributed by atoms with Crippen LogP contribution in [0.1, 0.15) is 18.4 Å². The minimum Gasteiger partial charge on any atom is -0.480 e. The summed E-state index contributed by atoms with van der Waals surface area (Å²) in [5, 5.41) is 14.3. The second-order valence-corrected chi connectivity index (χ2v) is 4.79. The van der Waals surface area contributed by atoms with Crippen LogP contribution in [0.5, 0.6) is 0 Å². The van der Waals surface area contributed by atoms with E-state index in [0.717, 1.165) is 5.56 Å². The number of carbonyl (C=O) groups is 3. The lowest BCUT2D eigenvalue weighted by atomic mass is 10.1. The molecule has 1 aromatic rings. The quantitative estimate of drug-likeness (QED) is 0.596. The van der Waals surface area contributed by atoms with Crippen LogP contribution in [0.2, 0.25) is 5.02 Å². The molecule has 114 valence electrons. The van der Waals surface area contributed by atoms with Gasteiger partial charge >= 0.3 is 12.0 Å². The summed E-state index contributed by atoms with van der Waals surface area (Å²) in [6.07, 6.45) is -0.173. The van der Waals surface area contributed by atoms with Crippen molar-refractivity contribution in [2.75, 3.05) is 0 Å². The van der Waals surface area contributed by atoms with Crippen LogP contribution in [0.3, 0.4) is 0 Å². The van der Waals surface area contributed by atoms with E-state index in [0.29, 0.717) is 5.02 Å². The molecule has 0 radical (unpaired) electrons. The van der Waals surface area contributed by atoms with E-state index in [4.69, 9.17) is 22.4 Å². The molecule has 0 heterocycles. The van der Waals surface area contributed by atoms with Crippen molar-refractivity contribution in [3.05, 3.63) is 34.9 Å². The van der Waals surface area contributed by atoms with Crippen LogP contribution < -0.4 is 16.4 Å². The highest BCUT2D eigenvalue weighted by molar-refractivity contribution is 6.30. The van der Waals surface area contributed by atoms with Crippen LogP contribution in [0.25, 0.3) is 0 Å². The predicted octanol–water partition coefficient (Wildman–Crippen LogP) is 0.858. The van der Waals surface area contributed by atoms with Gasteiger partial charge in [-0.1, -0.05) is 23.7 Å². The molecule has 0 saturated heterocycles. The lowest BCUT2D eigenvalue weighted by molar-refractivity contribution is -0.139. The van der Waals surface area contributed by atoms with Crippen molar-refractivity contribution in [3.63, 3.8) is 0 Å². The molecule has 7 nitrogen and oxygen atoms in total. The third-order valence-corrected chi connectivity index (χ3v) is 2.90. The molecule has 1 atom stereocenters. The Bertz CT molecular complexity index is 519. The number of amides is 3. The minimum atomic E-state index is -1.22. The van der Waals surface area contributed by atoms with Gasteiger partial charge in [-0.2, -0.15) is 0 Å². The van der Waals surface area contributed by atoms with Crippen molar-refractivity contribution in [3.8, 4) is 0 Å². The molecule has 0 unspecified atom stereocenters. The van der Waals surface area contributed by atoms with Gasteiger partial charge in [-0.05, 0) is 24.1 Å². The zero-order valence-corrected chi connectivity index (χ0v) is 11.9. The van der Waals surface area contributed by atoms with E-state index in [9.17, 15) is 14.4 Å². The third kappa shape index (κ3) is 6.62. The first-order chi connectivity index (χ1) is 9.88. The summed E-state index contributed by atoms with van der Waals surface area (Å²) in [5.41, 5.74) is 5.77. The predicted molar refractivity (Wildman–Crippen MR) is 76.7 cm³/mol. The van der Waals surface area contributed by atoms with Gasteiger partial charge in [0.2, 0.25) is 5.91 Å². The molecule has 0 aliphatic carbocycles. The molecule has 21 heavy (non-hydrogen) atoms. The Balaban J connectivity index is 2.44. The second kappa shape index (κ2) is 8.11. The maximum absolute atomic E-state index is 11.6. The highest BCUT2D eigenvalue weighted by Crippen LogP contribution is 2.09. The number of nitrogens with one attached hydrogen (secondary N) is 2. The van der Waals surface area contributed by atoms with Crippen LogP contribution in [0.15, 0.2) is 24.3 Å². The number of carboxylic acid groups (broad SMARTS) is 1. The monoisotopic (exact) mass is 313 g/mol. The number of benzene rings is 1. The number of hydrogen-bond donors (Lipinski definition) is 4. The average Bonchev–Trinajstić information content (AvgIpc) is 2.42. The van der Waals surface area contributed by atoms with Gasteiger partial charge < -0.3 is 21.5 Å². The van der Waals surface area contributed by atoms with Crippen molar-refractivity contribution >= 4 is 29.5 Å². The van der Waals surface area contributed by atoms with Gasteiger partial charge in [-0.15, -0.1) is 0 Å². The lowest BCUT2D eigenvalue weighted by Gasteiger charge is -2.14. The summed E-state index contributed by atoms with van der Waals surface area (Å²) in [6, 6.07) is 5.05. The van der Waals surface area contributed by atoms with Crippen molar-refractivity contribution in [2.24, 2.45) is 5.73 Å². The zero-order valence-electron chi connectivity index (χ0n) is 11.1. The zero-order chi connectivity index (χ0) is 15.8. The molecule has 8 heteroatoms. The van der Waals surface area contributed by atoms with Gasteiger partial charge in [-0.3, -0.25) is 4.79 Å². The van der Waals surface area contributed by atoms with Crippen molar-refractivity contribution < 1.29 is 19.5 Å². The number of urea groups is 1. The Hall–Kier alpha value is -2.28. The van der Waals surface area contributed by atoms with Gasteiger partial charge in [0.15, 0.2) is 0 Å². The fourth-order valence-electron chi connectivity index (χ4n) is 1.54. The van der Waals surface area contributed by atoms with Gasteiger partial charge in [0.1, 0.15) is 6.04 Å². The van der Waals surface area contributed by atoms with Crippen molar-refractivity contribution in [1.29, 1.82) is 0 Å². The highest BCUT2D eigenvalue weighted by atomic mass is 35.5. The summed E-state index contributed by atoms with van der Waals surface area (Å²) >= 11 is 5.74. The van der Waals surface area contributed by atoms with Gasteiger partial charge in [0, 0.05) is 18.0 Å². The number of rotatable bonds is 7. The molecule has 0 bridgehead atoms. The maximum atomic E-state index is 11.6. The fraction of sp³-hybridized carbons (Fsp3) is 0.308. The topological polar surface area (TPSA) is 122 Å². The standard InChI is InChI=1S/C13H16ClN3O4/c14-9-3-1-8(2-4-9)7-16-13(21)17-10(12(19)20)5-6-11(15)18/h1-4,10H,5-7H2,(H2,15,18)(H,19,20)(H2,16,17,21)/t10-/m1/s1. The van der Waals surface area contributed by atoms with Crippen LogP contribution >= 0.6 is 11.6 Å². The molecule has 0 aliphatic heterocycles. The van der Waals surface area contributed by atoms with Gasteiger partial charge in [-0.25, -0.2) is 9.59 Å². The number of nitrogens with two attached hydrogens (primary N) is 1. The molecule has 3 amide bonds. The molecule has 0 saturated carbocycles. The lowest BCUT2D eigenvalue weighted by Crippen LogP contribution is -2.46. The molecule has 1 aromatic carbocycles. The van der Waals surface area contributed by atoms with E-state index < -0.39 is 23.9 Å². The Kier molecular flexibility index (Phi) is 6.48. The first-order valence-electron chi connectivity index (χ1n) is 6.18. The number of aliphatic carboxylic acids is 1. The maximum Gasteiger partial charge on any atom is 0.326 e. The normalized spacial score (nSPS) is 11.5. The summed E-state index contributed by atoms with van der Waals surface area (Å²) in [5.74, 6) is -1.84. The Morgan fingerprint density at radius 2 is 1.86 bits per heavy atom. The first-order valence-corrected chi connectivity index (χ1v) is 6.56. The Morgan fingerprint density at radius 1 is 1.24 bits per heavy atom. The van der Waals surface area contributed by atoms with Crippen molar-refractivity contribution in [2.45, 2.75) is 25.4 Å². The molecule has 5 N–H and O–H groups in total. The number of primary amides is 1. The fourth-order valence-corrected chi connectivity index (χ4v) is 1.66. The molecular weight excluding hydrogens is 298 g/mol. The van der Waals surface area contributed by atoms with Gasteiger partial charge in [0.25, 0.3) is 0 Å². The van der Waals surface area contributed by atoms with E-state index >= 15 is 0 Å². The summed E-state index contributed by atoms with van der Waals surface area (Å²) in [7, 11) is 0. The summed E-state index contributed by atoms with van der Waals surface area (Å²) in [6.45, 7) is 0.227. The Morgan fingerprint density at radius 3 is 2.38 bits per heavy atom. The first kappa shape index (κ1) is 16.8. The van der Waals surface area contributed by atoms with Crippen LogP contribution in [-0.2, 0) is 16.1 Å². The van der Waals surface area contributed by atoms with Crippen molar-refractivity contribution in [1.82, 2.24) is 10.6 Å². The summed E-state index contributed by atoms with van der Waals surface area (Å²) < 4.78 is 0. The highest BCUT2D eigenvalue weighted by Gasteiger charge is 2.20. The molecule has 0 spiro atoms. The number of hydrogen-bond acceptors (Lipinski definition) is 3. The number of carboxylic acids is 1. The minimum absolute atomic E-state index is 0.0565. The SMILES string of the molecule is NC(=O)CC[C@@H](NC(=O)NCc1ccc(Cl)cc1)C(=O)O. The number of halogens is 1. The van der Waals surface area contributed by atoms with Crippen LogP contribution in [-0.4, -0.2) is 29.1 Å². The molecule has 0 fully saturated rings. The summed E-state index contributed by atoms with van der Waals surface area (Å²) in [4.78, 5) is 33.2. The number of carbonyl (C=O) groups excluding carboxylic acids is 2. The molecule has 1 rings (SSSR count). The Labute approximate surface area is 126 Å². The van der Waals surface area contributed by atoms with E-state index in [1.165, 1.54) is 0 Å². The average molecular weight is 314 g/mol.